The van der Waals surface area contributed by atoms with Crippen molar-refractivity contribution in [3.05, 3.63) is 87.7 Å². The van der Waals surface area contributed by atoms with Crippen LogP contribution in [0.25, 0.3) is 10.2 Å². The first-order valence-electron chi connectivity index (χ1n) is 10.8. The van der Waals surface area contributed by atoms with Gasteiger partial charge in [0.15, 0.2) is 0 Å². The molecule has 1 aliphatic carbocycles. The molecular weight excluding hydrogens is 439 g/mol. The number of amides is 2. The van der Waals surface area contributed by atoms with E-state index in [-0.39, 0.29) is 17.8 Å². The van der Waals surface area contributed by atoms with Gasteiger partial charge in [0.25, 0.3) is 5.91 Å². The summed E-state index contributed by atoms with van der Waals surface area (Å²) in [6, 6.07) is 15.6. The van der Waals surface area contributed by atoms with Crippen LogP contribution in [0, 0.1) is 12.7 Å². The molecule has 0 spiro atoms. The van der Waals surface area contributed by atoms with Crippen molar-refractivity contribution in [1.82, 2.24) is 14.7 Å². The number of halogens is 1. The van der Waals surface area contributed by atoms with Crippen LogP contribution in [0.4, 0.5) is 4.39 Å². The minimum atomic E-state index is -0.466. The summed E-state index contributed by atoms with van der Waals surface area (Å²) in [7, 11) is 0. The number of aryl methyl sites for hydroxylation is 1. The Bertz CT molecular complexity index is 1340. The monoisotopic (exact) mass is 462 g/mol. The number of primary amides is 1. The lowest BCUT2D eigenvalue weighted by Gasteiger charge is -2.22. The zero-order valence-electron chi connectivity index (χ0n) is 18.1. The third kappa shape index (κ3) is 4.39. The van der Waals surface area contributed by atoms with Gasteiger partial charge in [-0.15, -0.1) is 11.3 Å². The second-order valence-electron chi connectivity index (χ2n) is 8.42. The average molecular weight is 463 g/mol. The first kappa shape index (κ1) is 21.3. The third-order valence-corrected chi connectivity index (χ3v) is 7.04. The summed E-state index contributed by atoms with van der Waals surface area (Å²) in [4.78, 5) is 28.3. The highest BCUT2D eigenvalue weighted by molar-refractivity contribution is 7.20. The Balaban J connectivity index is 1.40. The van der Waals surface area contributed by atoms with Crippen LogP contribution in [0.15, 0.2) is 54.6 Å². The van der Waals surface area contributed by atoms with Gasteiger partial charge in [-0.3, -0.25) is 14.3 Å². The first-order chi connectivity index (χ1) is 15.9. The molecule has 6 nitrogen and oxygen atoms in total. The molecule has 0 radical (unpaired) electrons. The van der Waals surface area contributed by atoms with Crippen molar-refractivity contribution in [2.75, 3.05) is 0 Å². The summed E-state index contributed by atoms with van der Waals surface area (Å²) >= 11 is 1.44. The summed E-state index contributed by atoms with van der Waals surface area (Å²) in [5, 5.41) is 5.59. The van der Waals surface area contributed by atoms with E-state index < -0.39 is 5.91 Å². The molecular formula is C25H23FN4O2S. The van der Waals surface area contributed by atoms with Crippen LogP contribution in [0.5, 0.6) is 0 Å². The number of aromatic nitrogens is 2. The Morgan fingerprint density at radius 1 is 1.12 bits per heavy atom. The molecule has 2 aromatic heterocycles. The quantitative estimate of drug-likeness (QED) is 0.439. The van der Waals surface area contributed by atoms with Crippen LogP contribution in [-0.2, 0) is 13.1 Å². The van der Waals surface area contributed by atoms with Gasteiger partial charge in [0.2, 0.25) is 5.91 Å². The van der Waals surface area contributed by atoms with Crippen LogP contribution >= 0.6 is 11.3 Å². The molecule has 0 bridgehead atoms. The van der Waals surface area contributed by atoms with E-state index in [1.165, 1.54) is 23.5 Å². The van der Waals surface area contributed by atoms with Crippen molar-refractivity contribution in [2.24, 2.45) is 5.73 Å². The number of rotatable bonds is 7. The molecule has 1 saturated carbocycles. The highest BCUT2D eigenvalue weighted by Crippen LogP contribution is 2.34. The molecule has 0 aliphatic heterocycles. The predicted molar refractivity (Wildman–Crippen MR) is 126 cm³/mol. The van der Waals surface area contributed by atoms with Crippen LogP contribution < -0.4 is 5.73 Å². The van der Waals surface area contributed by atoms with E-state index >= 15 is 0 Å². The van der Waals surface area contributed by atoms with Crippen molar-refractivity contribution in [1.29, 1.82) is 0 Å². The smallest absolute Gasteiger partial charge is 0.264 e. The Hall–Kier alpha value is -3.52. The number of nitrogens with two attached hydrogens (primary N) is 1. The lowest BCUT2D eigenvalue weighted by Crippen LogP contribution is -2.32. The lowest BCUT2D eigenvalue weighted by molar-refractivity contribution is 0.0734. The van der Waals surface area contributed by atoms with Gasteiger partial charge in [0.1, 0.15) is 10.6 Å². The van der Waals surface area contributed by atoms with Crippen molar-refractivity contribution >= 4 is 33.4 Å². The van der Waals surface area contributed by atoms with Gasteiger partial charge in [-0.05, 0) is 61.2 Å². The molecule has 1 aliphatic rings. The number of thiophene rings is 1. The second kappa shape index (κ2) is 8.44. The molecule has 8 heteroatoms. The van der Waals surface area contributed by atoms with E-state index in [1.54, 1.807) is 24.3 Å². The Morgan fingerprint density at radius 2 is 1.79 bits per heavy atom. The van der Waals surface area contributed by atoms with E-state index in [4.69, 9.17) is 5.73 Å². The fraction of sp³-hybridized carbons (Fsp3) is 0.240. The van der Waals surface area contributed by atoms with E-state index in [0.29, 0.717) is 23.5 Å². The normalized spacial score (nSPS) is 13.4. The Kier molecular flexibility index (Phi) is 5.46. The van der Waals surface area contributed by atoms with E-state index in [1.807, 2.05) is 34.7 Å². The highest BCUT2D eigenvalue weighted by atomic mass is 32.1. The summed E-state index contributed by atoms with van der Waals surface area (Å²) in [6.45, 7) is 2.93. The van der Waals surface area contributed by atoms with Crippen molar-refractivity contribution in [3.8, 4) is 0 Å². The molecule has 2 heterocycles. The number of nitrogens with zero attached hydrogens (tertiary/aromatic N) is 3. The van der Waals surface area contributed by atoms with Gasteiger partial charge in [0, 0.05) is 23.5 Å². The Labute approximate surface area is 194 Å². The maximum atomic E-state index is 13.5. The standard InChI is InChI=1S/C25H23FN4O2S/c1-15-21-12-22(33-25(21)30(28-15)14-17-4-8-19(26)9-5-17)24(32)29(20-10-11-20)13-16-2-6-18(7-3-16)23(27)31/h2-9,12,20H,10-11,13-14H2,1H3,(H2,27,31). The largest absolute Gasteiger partial charge is 0.366 e. The fourth-order valence-electron chi connectivity index (χ4n) is 3.95. The minimum Gasteiger partial charge on any atom is -0.366 e. The van der Waals surface area contributed by atoms with Crippen LogP contribution in [0.1, 0.15) is 49.7 Å². The molecule has 0 atom stereocenters. The second-order valence-corrected chi connectivity index (χ2v) is 9.46. The van der Waals surface area contributed by atoms with Crippen molar-refractivity contribution < 1.29 is 14.0 Å². The van der Waals surface area contributed by atoms with Gasteiger partial charge in [-0.2, -0.15) is 5.10 Å². The third-order valence-electron chi connectivity index (χ3n) is 5.90. The SMILES string of the molecule is Cc1nn(Cc2ccc(F)cc2)c2sc(C(=O)N(Cc3ccc(C(N)=O)cc3)C3CC3)cc12. The summed E-state index contributed by atoms with van der Waals surface area (Å²) < 4.78 is 15.1. The van der Waals surface area contributed by atoms with Crippen LogP contribution in [-0.4, -0.2) is 32.5 Å². The maximum Gasteiger partial charge on any atom is 0.264 e. The summed E-state index contributed by atoms with van der Waals surface area (Å²) in [6.07, 6.45) is 1.99. The number of hydrogen-bond acceptors (Lipinski definition) is 4. The number of carbonyl (C=O) groups is 2. The number of fused-ring (bicyclic) bond motifs is 1. The van der Waals surface area contributed by atoms with Crippen LogP contribution in [0.2, 0.25) is 0 Å². The fourth-order valence-corrected chi connectivity index (χ4v) is 5.07. The zero-order valence-corrected chi connectivity index (χ0v) is 18.9. The van der Waals surface area contributed by atoms with Gasteiger partial charge >= 0.3 is 0 Å². The summed E-state index contributed by atoms with van der Waals surface area (Å²) in [5.41, 5.74) is 8.55. The summed E-state index contributed by atoms with van der Waals surface area (Å²) in [5.74, 6) is -0.730. The van der Waals surface area contributed by atoms with E-state index in [0.717, 1.165) is 39.9 Å². The molecule has 2 aromatic carbocycles. The van der Waals surface area contributed by atoms with Crippen molar-refractivity contribution in [2.45, 2.75) is 38.9 Å². The molecule has 4 aromatic rings. The predicted octanol–water partition coefficient (Wildman–Crippen LogP) is 4.50. The lowest BCUT2D eigenvalue weighted by atomic mass is 10.1. The molecule has 0 unspecified atom stereocenters. The molecule has 168 valence electrons. The average Bonchev–Trinajstić information content (AvgIpc) is 3.47. The highest BCUT2D eigenvalue weighted by Gasteiger charge is 2.34. The molecule has 1 fully saturated rings. The van der Waals surface area contributed by atoms with E-state index in [9.17, 15) is 14.0 Å². The van der Waals surface area contributed by atoms with Crippen molar-refractivity contribution in [3.63, 3.8) is 0 Å². The van der Waals surface area contributed by atoms with Crippen LogP contribution in [0.3, 0.4) is 0 Å². The van der Waals surface area contributed by atoms with E-state index in [2.05, 4.69) is 5.10 Å². The van der Waals surface area contributed by atoms with Gasteiger partial charge < -0.3 is 10.6 Å². The topological polar surface area (TPSA) is 81.2 Å². The molecule has 2 N–H and O–H groups in total. The molecule has 5 rings (SSSR count). The number of hydrogen-bond donors (Lipinski definition) is 1. The first-order valence-corrected chi connectivity index (χ1v) is 11.6. The minimum absolute atomic E-state index is 0.00501. The molecule has 33 heavy (non-hydrogen) atoms. The molecule has 0 saturated heterocycles. The Morgan fingerprint density at radius 3 is 2.42 bits per heavy atom. The van der Waals surface area contributed by atoms with Gasteiger partial charge in [-0.1, -0.05) is 24.3 Å². The number of benzene rings is 2. The molecule has 2 amide bonds. The zero-order chi connectivity index (χ0) is 23.1. The maximum absolute atomic E-state index is 13.5. The number of carbonyl (C=O) groups excluding carboxylic acids is 2. The van der Waals surface area contributed by atoms with Gasteiger partial charge in [0.05, 0.1) is 17.1 Å². The van der Waals surface area contributed by atoms with Gasteiger partial charge in [-0.25, -0.2) is 4.39 Å².